The van der Waals surface area contributed by atoms with Gasteiger partial charge in [-0.15, -0.1) is 11.3 Å². The van der Waals surface area contributed by atoms with Gasteiger partial charge < -0.3 is 5.32 Å². The highest BCUT2D eigenvalue weighted by Crippen LogP contribution is 2.24. The number of nitriles is 1. The van der Waals surface area contributed by atoms with E-state index in [0.29, 0.717) is 11.6 Å². The number of nitrogens with zero attached hydrogens (tertiary/aromatic N) is 3. The van der Waals surface area contributed by atoms with Crippen LogP contribution < -0.4 is 5.32 Å². The maximum atomic E-state index is 8.90. The number of hydrogen-bond acceptors (Lipinski definition) is 5. The predicted molar refractivity (Wildman–Crippen MR) is 72.5 cm³/mol. The summed E-state index contributed by atoms with van der Waals surface area (Å²) in [6, 6.07) is 8.04. The first-order chi connectivity index (χ1) is 8.72. The summed E-state index contributed by atoms with van der Waals surface area (Å²) < 4.78 is 0. The van der Waals surface area contributed by atoms with Crippen LogP contribution in [0.3, 0.4) is 0 Å². The van der Waals surface area contributed by atoms with E-state index in [-0.39, 0.29) is 6.04 Å². The van der Waals surface area contributed by atoms with Gasteiger partial charge in [0.2, 0.25) is 5.95 Å². The minimum absolute atomic E-state index is 0.193. The van der Waals surface area contributed by atoms with Crippen molar-refractivity contribution in [2.24, 2.45) is 0 Å². The monoisotopic (exact) mass is 258 g/mol. The fourth-order valence-corrected chi connectivity index (χ4v) is 2.57. The number of aryl methyl sites for hydroxylation is 1. The molecule has 2 aromatic rings. The van der Waals surface area contributed by atoms with Gasteiger partial charge in [-0.1, -0.05) is 13.0 Å². The maximum absolute atomic E-state index is 8.90. The Morgan fingerprint density at radius 3 is 2.94 bits per heavy atom. The fraction of sp³-hybridized carbons (Fsp3) is 0.308. The summed E-state index contributed by atoms with van der Waals surface area (Å²) in [6.07, 6.45) is 0.944. The van der Waals surface area contributed by atoms with E-state index in [1.165, 1.54) is 4.88 Å². The van der Waals surface area contributed by atoms with E-state index in [0.717, 1.165) is 12.1 Å². The highest BCUT2D eigenvalue weighted by molar-refractivity contribution is 7.10. The smallest absolute Gasteiger partial charge is 0.224 e. The van der Waals surface area contributed by atoms with Crippen LogP contribution in [-0.2, 0) is 0 Å². The second-order valence-electron chi connectivity index (χ2n) is 3.95. The lowest BCUT2D eigenvalue weighted by atomic mass is 10.2. The second kappa shape index (κ2) is 5.61. The molecule has 0 aliphatic carbocycles. The molecular weight excluding hydrogens is 244 g/mol. The number of rotatable bonds is 4. The number of hydrogen-bond donors (Lipinski definition) is 1. The molecule has 1 N–H and O–H groups in total. The molecule has 0 aliphatic heterocycles. The van der Waals surface area contributed by atoms with Gasteiger partial charge in [-0.25, -0.2) is 9.97 Å². The van der Waals surface area contributed by atoms with E-state index in [9.17, 15) is 0 Å². The minimum atomic E-state index is 0.193. The molecule has 0 saturated heterocycles. The van der Waals surface area contributed by atoms with Crippen molar-refractivity contribution >= 4 is 17.3 Å². The molecule has 92 valence electrons. The van der Waals surface area contributed by atoms with Gasteiger partial charge in [0, 0.05) is 10.6 Å². The highest BCUT2D eigenvalue weighted by Gasteiger charge is 2.12. The quantitative estimate of drug-likeness (QED) is 0.914. The van der Waals surface area contributed by atoms with Crippen molar-refractivity contribution in [3.05, 3.63) is 39.8 Å². The molecule has 0 aromatic carbocycles. The van der Waals surface area contributed by atoms with Crippen LogP contribution in [0.15, 0.2) is 23.6 Å². The van der Waals surface area contributed by atoms with Crippen LogP contribution in [0.25, 0.3) is 0 Å². The zero-order chi connectivity index (χ0) is 13.0. The second-order valence-corrected chi connectivity index (χ2v) is 4.93. The van der Waals surface area contributed by atoms with Crippen LogP contribution in [0.5, 0.6) is 0 Å². The van der Waals surface area contributed by atoms with Crippen molar-refractivity contribution in [1.82, 2.24) is 9.97 Å². The Hall–Kier alpha value is -1.93. The Morgan fingerprint density at radius 1 is 1.50 bits per heavy atom. The Kier molecular flexibility index (Phi) is 3.90. The fourth-order valence-electron chi connectivity index (χ4n) is 1.71. The maximum Gasteiger partial charge on any atom is 0.224 e. The molecule has 5 heteroatoms. The Bertz CT molecular complexity index is 557. The molecule has 0 spiro atoms. The molecular formula is C13H14N4S. The van der Waals surface area contributed by atoms with E-state index >= 15 is 0 Å². The van der Waals surface area contributed by atoms with Crippen LogP contribution >= 0.6 is 11.3 Å². The molecule has 2 heterocycles. The molecule has 2 rings (SSSR count). The molecule has 1 atom stereocenters. The third-order valence-electron chi connectivity index (χ3n) is 2.57. The van der Waals surface area contributed by atoms with Gasteiger partial charge in [-0.3, -0.25) is 0 Å². The summed E-state index contributed by atoms with van der Waals surface area (Å²) >= 11 is 1.71. The Morgan fingerprint density at radius 2 is 2.33 bits per heavy atom. The minimum Gasteiger partial charge on any atom is -0.347 e. The van der Waals surface area contributed by atoms with Crippen molar-refractivity contribution in [1.29, 1.82) is 5.26 Å². The first-order valence-corrected chi connectivity index (χ1v) is 6.66. The van der Waals surface area contributed by atoms with Gasteiger partial charge >= 0.3 is 0 Å². The summed E-state index contributed by atoms with van der Waals surface area (Å²) in [7, 11) is 0. The van der Waals surface area contributed by atoms with Crippen molar-refractivity contribution < 1.29 is 0 Å². The first-order valence-electron chi connectivity index (χ1n) is 5.78. The summed E-state index contributed by atoms with van der Waals surface area (Å²) in [5.41, 5.74) is 1.19. The number of thiophene rings is 1. The average Bonchev–Trinajstić information content (AvgIpc) is 2.89. The van der Waals surface area contributed by atoms with Crippen LogP contribution in [-0.4, -0.2) is 9.97 Å². The van der Waals surface area contributed by atoms with Gasteiger partial charge in [-0.2, -0.15) is 5.26 Å². The van der Waals surface area contributed by atoms with Gasteiger partial charge in [0.15, 0.2) is 0 Å². The summed E-state index contributed by atoms with van der Waals surface area (Å²) in [5, 5.41) is 14.2. The van der Waals surface area contributed by atoms with Crippen molar-refractivity contribution in [3.63, 3.8) is 0 Å². The zero-order valence-electron chi connectivity index (χ0n) is 10.3. The first kappa shape index (κ1) is 12.5. The van der Waals surface area contributed by atoms with Crippen LogP contribution in [0.4, 0.5) is 5.95 Å². The van der Waals surface area contributed by atoms with Crippen molar-refractivity contribution in [2.75, 3.05) is 5.32 Å². The van der Waals surface area contributed by atoms with E-state index in [4.69, 9.17) is 5.26 Å². The lowest BCUT2D eigenvalue weighted by molar-refractivity contribution is 0.750. The molecule has 4 nitrogen and oxygen atoms in total. The number of aromatic nitrogens is 2. The molecule has 0 fully saturated rings. The number of nitrogens with one attached hydrogen (secondary N) is 1. The molecule has 2 aromatic heterocycles. The standard InChI is InChI=1S/C13H14N4S/c1-3-11(12-5-4-6-18-12)17-13-15-9(2)7-10(8-14)16-13/h4-7,11H,3H2,1-2H3,(H,15,16,17). The molecule has 0 bridgehead atoms. The average molecular weight is 258 g/mol. The van der Waals surface area contributed by atoms with Crippen molar-refractivity contribution in [2.45, 2.75) is 26.3 Å². The van der Waals surface area contributed by atoms with Crippen molar-refractivity contribution in [3.8, 4) is 6.07 Å². The summed E-state index contributed by atoms with van der Waals surface area (Å²) in [5.74, 6) is 0.520. The Labute approximate surface area is 110 Å². The lowest BCUT2D eigenvalue weighted by Gasteiger charge is -2.15. The van der Waals surface area contributed by atoms with Gasteiger partial charge in [0.25, 0.3) is 0 Å². The summed E-state index contributed by atoms with van der Waals surface area (Å²) in [4.78, 5) is 9.73. The van der Waals surface area contributed by atoms with Gasteiger partial charge in [0.1, 0.15) is 11.8 Å². The normalized spacial score (nSPS) is 11.8. The third-order valence-corrected chi connectivity index (χ3v) is 3.55. The highest BCUT2D eigenvalue weighted by atomic mass is 32.1. The topological polar surface area (TPSA) is 61.6 Å². The van der Waals surface area contributed by atoms with E-state index < -0.39 is 0 Å². The lowest BCUT2D eigenvalue weighted by Crippen LogP contribution is -2.11. The zero-order valence-corrected chi connectivity index (χ0v) is 11.2. The van der Waals surface area contributed by atoms with E-state index in [1.54, 1.807) is 17.4 Å². The molecule has 0 saturated carbocycles. The van der Waals surface area contributed by atoms with E-state index in [2.05, 4.69) is 33.7 Å². The molecule has 0 amide bonds. The molecule has 1 unspecified atom stereocenters. The van der Waals surface area contributed by atoms with Crippen LogP contribution in [0.1, 0.15) is 35.7 Å². The third kappa shape index (κ3) is 2.84. The van der Waals surface area contributed by atoms with E-state index in [1.807, 2.05) is 19.1 Å². The summed E-state index contributed by atoms with van der Waals surface area (Å²) in [6.45, 7) is 3.97. The van der Waals surface area contributed by atoms with Crippen LogP contribution in [0, 0.1) is 18.3 Å². The predicted octanol–water partition coefficient (Wildman–Crippen LogP) is 3.28. The molecule has 0 radical (unpaired) electrons. The Balaban J connectivity index is 2.22. The molecule has 18 heavy (non-hydrogen) atoms. The molecule has 0 aliphatic rings. The van der Waals surface area contributed by atoms with Gasteiger partial charge in [-0.05, 0) is 30.9 Å². The van der Waals surface area contributed by atoms with Gasteiger partial charge in [0.05, 0.1) is 6.04 Å². The van der Waals surface area contributed by atoms with Crippen LogP contribution in [0.2, 0.25) is 0 Å². The SMILES string of the molecule is CCC(Nc1nc(C)cc(C#N)n1)c1cccs1. The number of anilines is 1. The largest absolute Gasteiger partial charge is 0.347 e.